The van der Waals surface area contributed by atoms with E-state index >= 15 is 0 Å². The van der Waals surface area contributed by atoms with Crippen LogP contribution in [-0.4, -0.2) is 34.3 Å². The summed E-state index contributed by atoms with van der Waals surface area (Å²) in [7, 11) is 3.47. The van der Waals surface area contributed by atoms with Gasteiger partial charge in [-0.3, -0.25) is 14.1 Å². The van der Waals surface area contributed by atoms with Gasteiger partial charge < -0.3 is 10.1 Å². The van der Waals surface area contributed by atoms with Gasteiger partial charge in [0.15, 0.2) is 5.72 Å². The van der Waals surface area contributed by atoms with Crippen molar-refractivity contribution < 1.29 is 4.74 Å². The molecule has 1 atom stereocenters. The molecule has 0 bridgehead atoms. The number of rotatable bonds is 2. The molecule has 1 aromatic carbocycles. The van der Waals surface area contributed by atoms with Gasteiger partial charge in [-0.2, -0.15) is 0 Å². The molecular formula is C17H20N4O2. The molecule has 1 N–H and O–H groups in total. The van der Waals surface area contributed by atoms with Crippen LogP contribution in [0.4, 0.5) is 0 Å². The second-order valence-corrected chi connectivity index (χ2v) is 6.12. The lowest BCUT2D eigenvalue weighted by molar-refractivity contribution is -0.0933. The van der Waals surface area contributed by atoms with Gasteiger partial charge in [-0.25, -0.2) is 4.79 Å². The number of ether oxygens (including phenoxy) is 1. The number of hydrogen-bond acceptors (Lipinski definition) is 4. The first kappa shape index (κ1) is 14.4. The number of nitrogens with one attached hydrogen (secondary N) is 1. The summed E-state index contributed by atoms with van der Waals surface area (Å²) in [6.45, 7) is 1.58. The summed E-state index contributed by atoms with van der Waals surface area (Å²) >= 11 is 0. The molecule has 0 amide bonds. The van der Waals surface area contributed by atoms with E-state index in [1.807, 2.05) is 28.8 Å². The normalized spacial score (nSPS) is 22.0. The van der Waals surface area contributed by atoms with Crippen LogP contribution in [0.15, 0.2) is 35.3 Å². The Labute approximate surface area is 133 Å². The number of methoxy groups -OCH3 is 1. The number of para-hydroxylation sites is 1. The molecule has 2 aromatic heterocycles. The summed E-state index contributed by atoms with van der Waals surface area (Å²) in [5, 5.41) is 4.34. The summed E-state index contributed by atoms with van der Waals surface area (Å²) in [5.41, 5.74) is 1.89. The Morgan fingerprint density at radius 1 is 1.35 bits per heavy atom. The molecule has 4 rings (SSSR count). The minimum absolute atomic E-state index is 0.0660. The van der Waals surface area contributed by atoms with E-state index in [0.29, 0.717) is 6.54 Å². The predicted octanol–water partition coefficient (Wildman–Crippen LogP) is 1.57. The minimum Gasteiger partial charge on any atom is -0.357 e. The van der Waals surface area contributed by atoms with E-state index in [4.69, 9.17) is 4.74 Å². The van der Waals surface area contributed by atoms with Crippen molar-refractivity contribution in [3.8, 4) is 0 Å². The lowest BCUT2D eigenvalue weighted by atomic mass is 10.0. The molecule has 0 saturated carbocycles. The van der Waals surface area contributed by atoms with Crippen molar-refractivity contribution in [2.24, 2.45) is 7.05 Å². The summed E-state index contributed by atoms with van der Waals surface area (Å²) in [4.78, 5) is 17.5. The summed E-state index contributed by atoms with van der Waals surface area (Å²) < 4.78 is 9.36. The first-order chi connectivity index (χ1) is 11.2. The average Bonchev–Trinajstić information content (AvgIpc) is 2.87. The smallest absolute Gasteiger partial charge is 0.331 e. The number of benzene rings is 1. The first-order valence-corrected chi connectivity index (χ1v) is 7.89. The lowest BCUT2D eigenvalue weighted by Crippen LogP contribution is -2.52. The van der Waals surface area contributed by atoms with E-state index in [0.717, 1.165) is 41.3 Å². The Balaban J connectivity index is 2.15. The number of aromatic nitrogens is 3. The molecule has 0 unspecified atom stereocenters. The molecule has 3 heterocycles. The molecule has 1 aliphatic rings. The highest BCUT2D eigenvalue weighted by Crippen LogP contribution is 2.31. The Morgan fingerprint density at radius 3 is 2.91 bits per heavy atom. The zero-order chi connectivity index (χ0) is 16.0. The average molecular weight is 312 g/mol. The van der Waals surface area contributed by atoms with Crippen LogP contribution in [0.3, 0.4) is 0 Å². The predicted molar refractivity (Wildman–Crippen MR) is 89.6 cm³/mol. The molecule has 1 aliphatic heterocycles. The van der Waals surface area contributed by atoms with E-state index < -0.39 is 5.72 Å². The van der Waals surface area contributed by atoms with Crippen molar-refractivity contribution >= 4 is 21.9 Å². The zero-order valence-electron chi connectivity index (χ0n) is 13.4. The van der Waals surface area contributed by atoms with E-state index in [-0.39, 0.29) is 5.69 Å². The van der Waals surface area contributed by atoms with Crippen molar-refractivity contribution in [3.05, 3.63) is 40.9 Å². The van der Waals surface area contributed by atoms with E-state index in [1.54, 1.807) is 24.9 Å². The van der Waals surface area contributed by atoms with Crippen LogP contribution in [0.1, 0.15) is 12.8 Å². The monoisotopic (exact) mass is 312 g/mol. The van der Waals surface area contributed by atoms with Gasteiger partial charge in [0.1, 0.15) is 0 Å². The van der Waals surface area contributed by atoms with Gasteiger partial charge in [-0.15, -0.1) is 0 Å². The first-order valence-electron chi connectivity index (χ1n) is 7.89. The summed E-state index contributed by atoms with van der Waals surface area (Å²) in [5.74, 6) is 0. The van der Waals surface area contributed by atoms with Gasteiger partial charge >= 0.3 is 5.69 Å². The molecule has 23 heavy (non-hydrogen) atoms. The van der Waals surface area contributed by atoms with Crippen LogP contribution in [0.5, 0.6) is 0 Å². The van der Waals surface area contributed by atoms with E-state index in [2.05, 4.69) is 10.3 Å². The van der Waals surface area contributed by atoms with Crippen LogP contribution in [-0.2, 0) is 17.5 Å². The highest BCUT2D eigenvalue weighted by molar-refractivity contribution is 6.02. The number of piperidine rings is 1. The number of imidazole rings is 1. The van der Waals surface area contributed by atoms with Gasteiger partial charge in [0, 0.05) is 26.1 Å². The number of aryl methyl sites for hydroxylation is 1. The van der Waals surface area contributed by atoms with Gasteiger partial charge in [-0.05, 0) is 25.5 Å². The molecule has 1 saturated heterocycles. The number of hydrogen-bond donors (Lipinski definition) is 1. The third-order valence-corrected chi connectivity index (χ3v) is 4.90. The zero-order valence-corrected chi connectivity index (χ0v) is 13.4. The standard InChI is InChI=1S/C17H20N4O2/c1-20-14-10-19-13-7-4-3-6-12(13)15(14)21(16(20)22)17(23-2)8-5-9-18-11-17/h3-4,6-7,10,18H,5,8-9,11H2,1-2H3/t17-/m1/s1. The summed E-state index contributed by atoms with van der Waals surface area (Å²) in [6, 6.07) is 7.92. The SMILES string of the molecule is CO[C@]1(n2c(=O)n(C)c3cnc4ccccc4c32)CCCNC1. The molecule has 6 heteroatoms. The third kappa shape index (κ3) is 1.95. The maximum Gasteiger partial charge on any atom is 0.331 e. The Hall–Kier alpha value is -2.18. The highest BCUT2D eigenvalue weighted by Gasteiger charge is 2.37. The van der Waals surface area contributed by atoms with Gasteiger partial charge in [-0.1, -0.05) is 18.2 Å². The topological polar surface area (TPSA) is 61.1 Å². The van der Waals surface area contributed by atoms with Crippen LogP contribution >= 0.6 is 0 Å². The van der Waals surface area contributed by atoms with Gasteiger partial charge in [0.25, 0.3) is 0 Å². The molecule has 120 valence electrons. The molecule has 1 fully saturated rings. The fraction of sp³-hybridized carbons (Fsp3) is 0.412. The minimum atomic E-state index is -0.654. The Bertz CT molecular complexity index is 935. The van der Waals surface area contributed by atoms with Crippen LogP contribution in [0, 0.1) is 0 Å². The van der Waals surface area contributed by atoms with Crippen LogP contribution in [0.25, 0.3) is 21.9 Å². The fourth-order valence-electron chi connectivity index (χ4n) is 3.64. The molecular weight excluding hydrogens is 292 g/mol. The molecule has 0 spiro atoms. The van der Waals surface area contributed by atoms with E-state index in [9.17, 15) is 4.79 Å². The van der Waals surface area contributed by atoms with Crippen molar-refractivity contribution in [2.45, 2.75) is 18.6 Å². The van der Waals surface area contributed by atoms with Crippen molar-refractivity contribution in [2.75, 3.05) is 20.2 Å². The van der Waals surface area contributed by atoms with Crippen molar-refractivity contribution in [3.63, 3.8) is 0 Å². The summed E-state index contributed by atoms with van der Waals surface area (Å²) in [6.07, 6.45) is 3.56. The maximum absolute atomic E-state index is 13.0. The molecule has 0 radical (unpaired) electrons. The van der Waals surface area contributed by atoms with Crippen molar-refractivity contribution in [1.82, 2.24) is 19.4 Å². The van der Waals surface area contributed by atoms with Crippen molar-refractivity contribution in [1.29, 1.82) is 0 Å². The number of pyridine rings is 1. The second kappa shape index (κ2) is 5.18. The molecule has 3 aromatic rings. The third-order valence-electron chi connectivity index (χ3n) is 4.90. The maximum atomic E-state index is 13.0. The Kier molecular flexibility index (Phi) is 3.25. The second-order valence-electron chi connectivity index (χ2n) is 6.12. The van der Waals surface area contributed by atoms with Gasteiger partial charge in [0.2, 0.25) is 0 Å². The number of nitrogens with zero attached hydrogens (tertiary/aromatic N) is 3. The Morgan fingerprint density at radius 2 is 2.17 bits per heavy atom. The lowest BCUT2D eigenvalue weighted by Gasteiger charge is -2.37. The van der Waals surface area contributed by atoms with Crippen LogP contribution < -0.4 is 11.0 Å². The highest BCUT2D eigenvalue weighted by atomic mass is 16.5. The van der Waals surface area contributed by atoms with Gasteiger partial charge in [0.05, 0.1) is 22.7 Å². The molecule has 6 nitrogen and oxygen atoms in total. The molecule has 0 aliphatic carbocycles. The quantitative estimate of drug-likeness (QED) is 0.780. The van der Waals surface area contributed by atoms with E-state index in [1.165, 1.54) is 0 Å². The largest absolute Gasteiger partial charge is 0.357 e. The van der Waals surface area contributed by atoms with Crippen LogP contribution in [0.2, 0.25) is 0 Å². The number of fused-ring (bicyclic) bond motifs is 3. The fourth-order valence-corrected chi connectivity index (χ4v) is 3.64.